The van der Waals surface area contributed by atoms with Crippen LogP contribution >= 0.6 is 11.6 Å². The van der Waals surface area contributed by atoms with Gasteiger partial charge in [-0.1, -0.05) is 29.8 Å². The molecule has 2 aromatic rings. The summed E-state index contributed by atoms with van der Waals surface area (Å²) in [6.45, 7) is 0. The van der Waals surface area contributed by atoms with Gasteiger partial charge in [0.2, 0.25) is 0 Å². The summed E-state index contributed by atoms with van der Waals surface area (Å²) in [5, 5.41) is 10.2. The van der Waals surface area contributed by atoms with Crippen LogP contribution in [0.15, 0.2) is 42.5 Å². The van der Waals surface area contributed by atoms with Crippen LogP contribution < -0.4 is 0 Å². The largest absolute Gasteiger partial charge is 0.388 e. The summed E-state index contributed by atoms with van der Waals surface area (Å²) in [6, 6.07) is 9.92. The zero-order valence-electron chi connectivity index (χ0n) is 9.41. The van der Waals surface area contributed by atoms with Crippen molar-refractivity contribution in [1.82, 2.24) is 0 Å². The highest BCUT2D eigenvalue weighted by atomic mass is 35.5. The number of aliphatic hydroxyl groups excluding tert-OH is 1. The minimum absolute atomic E-state index is 0.00889. The molecule has 1 atom stereocenters. The molecule has 0 fully saturated rings. The average molecular weight is 269 g/mol. The Morgan fingerprint density at radius 1 is 1.11 bits per heavy atom. The number of rotatable bonds is 3. The molecule has 2 aromatic carbocycles. The van der Waals surface area contributed by atoms with Gasteiger partial charge in [0, 0.05) is 17.0 Å². The number of hydrogen-bond donors (Lipinski definition) is 1. The van der Waals surface area contributed by atoms with Gasteiger partial charge in [0.25, 0.3) is 0 Å². The van der Waals surface area contributed by atoms with Crippen LogP contribution in [-0.4, -0.2) is 5.11 Å². The fourth-order valence-electron chi connectivity index (χ4n) is 1.75. The fourth-order valence-corrected chi connectivity index (χ4v) is 1.99. The van der Waals surface area contributed by atoms with Crippen molar-refractivity contribution in [1.29, 1.82) is 0 Å². The third-order valence-electron chi connectivity index (χ3n) is 2.69. The van der Waals surface area contributed by atoms with Gasteiger partial charge in [-0.2, -0.15) is 0 Å². The Morgan fingerprint density at radius 2 is 1.83 bits per heavy atom. The van der Waals surface area contributed by atoms with E-state index in [0.717, 1.165) is 0 Å². The molecule has 1 N–H and O–H groups in total. The molecule has 1 nitrogen and oxygen atoms in total. The quantitative estimate of drug-likeness (QED) is 0.895. The lowest BCUT2D eigenvalue weighted by Gasteiger charge is -2.13. The first kappa shape index (κ1) is 13.0. The van der Waals surface area contributed by atoms with Crippen molar-refractivity contribution >= 4 is 11.6 Å². The monoisotopic (exact) mass is 268 g/mol. The zero-order valence-corrected chi connectivity index (χ0v) is 10.2. The maximum absolute atomic E-state index is 13.5. The molecule has 0 amide bonds. The number of hydrogen-bond acceptors (Lipinski definition) is 1. The summed E-state index contributed by atoms with van der Waals surface area (Å²) < 4.78 is 26.5. The Morgan fingerprint density at radius 3 is 2.50 bits per heavy atom. The van der Waals surface area contributed by atoms with E-state index >= 15 is 0 Å². The first-order valence-corrected chi connectivity index (χ1v) is 5.82. The van der Waals surface area contributed by atoms with Gasteiger partial charge in [-0.15, -0.1) is 0 Å². The summed E-state index contributed by atoms with van der Waals surface area (Å²) in [4.78, 5) is 0. The van der Waals surface area contributed by atoms with Gasteiger partial charge in [0.15, 0.2) is 0 Å². The second kappa shape index (κ2) is 5.46. The third-order valence-corrected chi connectivity index (χ3v) is 3.05. The highest BCUT2D eigenvalue weighted by Gasteiger charge is 2.14. The Hall–Kier alpha value is -1.45. The van der Waals surface area contributed by atoms with Crippen LogP contribution in [0.2, 0.25) is 5.02 Å². The Labute approximate surface area is 109 Å². The van der Waals surface area contributed by atoms with Gasteiger partial charge in [-0.3, -0.25) is 0 Å². The van der Waals surface area contributed by atoms with E-state index in [1.54, 1.807) is 12.1 Å². The van der Waals surface area contributed by atoms with Gasteiger partial charge in [0.05, 0.1) is 6.10 Å². The minimum atomic E-state index is -0.991. The molecule has 0 saturated heterocycles. The molecule has 0 aliphatic rings. The van der Waals surface area contributed by atoms with Crippen molar-refractivity contribution in [2.24, 2.45) is 0 Å². The maximum atomic E-state index is 13.5. The predicted molar refractivity (Wildman–Crippen MR) is 66.5 cm³/mol. The average Bonchev–Trinajstić information content (AvgIpc) is 2.34. The standard InChI is InChI=1S/C14H11ClF2O/c15-12-5-2-6-13(17)11(12)8-14(18)9-3-1-4-10(16)7-9/h1-7,14,18H,8H2. The van der Waals surface area contributed by atoms with Gasteiger partial charge in [-0.25, -0.2) is 8.78 Å². The summed E-state index contributed by atoms with van der Waals surface area (Å²) in [7, 11) is 0. The van der Waals surface area contributed by atoms with Crippen LogP contribution in [0.4, 0.5) is 8.78 Å². The van der Waals surface area contributed by atoms with Gasteiger partial charge in [-0.05, 0) is 29.8 Å². The smallest absolute Gasteiger partial charge is 0.127 e. The van der Waals surface area contributed by atoms with Crippen LogP contribution in [0.3, 0.4) is 0 Å². The van der Waals surface area contributed by atoms with E-state index in [2.05, 4.69) is 0 Å². The van der Waals surface area contributed by atoms with Crippen LogP contribution in [0.5, 0.6) is 0 Å². The molecule has 1 unspecified atom stereocenters. The molecule has 94 valence electrons. The van der Waals surface area contributed by atoms with Crippen LogP contribution in [0, 0.1) is 11.6 Å². The lowest BCUT2D eigenvalue weighted by Crippen LogP contribution is -2.04. The van der Waals surface area contributed by atoms with E-state index in [1.807, 2.05) is 0 Å². The van der Waals surface area contributed by atoms with Crippen molar-refractivity contribution in [2.45, 2.75) is 12.5 Å². The van der Waals surface area contributed by atoms with Gasteiger partial charge >= 0.3 is 0 Å². The van der Waals surface area contributed by atoms with Crippen LogP contribution in [0.1, 0.15) is 17.2 Å². The summed E-state index contributed by atoms with van der Waals surface area (Å²) >= 11 is 5.87. The van der Waals surface area contributed by atoms with E-state index in [9.17, 15) is 13.9 Å². The Bertz CT molecular complexity index is 537. The molecule has 18 heavy (non-hydrogen) atoms. The molecule has 2 rings (SSSR count). The topological polar surface area (TPSA) is 20.2 Å². The molecule has 4 heteroatoms. The number of aliphatic hydroxyl groups is 1. The third kappa shape index (κ3) is 2.86. The predicted octanol–water partition coefficient (Wildman–Crippen LogP) is 3.89. The van der Waals surface area contributed by atoms with Crippen molar-refractivity contribution < 1.29 is 13.9 Å². The lowest BCUT2D eigenvalue weighted by molar-refractivity contribution is 0.176. The molecule has 0 saturated carbocycles. The first-order valence-electron chi connectivity index (χ1n) is 5.44. The maximum Gasteiger partial charge on any atom is 0.127 e. The summed E-state index contributed by atoms with van der Waals surface area (Å²) in [5.74, 6) is -0.913. The normalized spacial score (nSPS) is 12.4. The summed E-state index contributed by atoms with van der Waals surface area (Å²) in [6.07, 6.45) is -0.982. The van der Waals surface area contributed by atoms with Crippen molar-refractivity contribution in [3.05, 3.63) is 70.2 Å². The minimum Gasteiger partial charge on any atom is -0.388 e. The fraction of sp³-hybridized carbons (Fsp3) is 0.143. The van der Waals surface area contributed by atoms with E-state index < -0.39 is 17.7 Å². The van der Waals surface area contributed by atoms with E-state index in [0.29, 0.717) is 5.56 Å². The van der Waals surface area contributed by atoms with E-state index in [-0.39, 0.29) is 17.0 Å². The van der Waals surface area contributed by atoms with Crippen molar-refractivity contribution in [3.8, 4) is 0 Å². The van der Waals surface area contributed by atoms with Crippen molar-refractivity contribution in [3.63, 3.8) is 0 Å². The first-order chi connectivity index (χ1) is 8.58. The second-order valence-electron chi connectivity index (χ2n) is 3.98. The SMILES string of the molecule is OC(Cc1c(F)cccc1Cl)c1cccc(F)c1. The van der Waals surface area contributed by atoms with Gasteiger partial charge < -0.3 is 5.11 Å². The molecule has 0 aliphatic heterocycles. The number of halogens is 3. The molecule has 0 aromatic heterocycles. The van der Waals surface area contributed by atoms with Crippen molar-refractivity contribution in [2.75, 3.05) is 0 Å². The molecule has 0 spiro atoms. The molecule has 0 radical (unpaired) electrons. The zero-order chi connectivity index (χ0) is 13.1. The van der Waals surface area contributed by atoms with Crippen LogP contribution in [0.25, 0.3) is 0 Å². The number of benzene rings is 2. The Kier molecular flexibility index (Phi) is 3.94. The molecule has 0 bridgehead atoms. The Balaban J connectivity index is 2.24. The second-order valence-corrected chi connectivity index (χ2v) is 4.38. The highest BCUT2D eigenvalue weighted by molar-refractivity contribution is 6.31. The molecule has 0 aliphatic carbocycles. The van der Waals surface area contributed by atoms with Crippen LogP contribution in [-0.2, 0) is 6.42 Å². The molecular weight excluding hydrogens is 258 g/mol. The lowest BCUT2D eigenvalue weighted by atomic mass is 10.0. The van der Waals surface area contributed by atoms with E-state index in [4.69, 9.17) is 11.6 Å². The highest BCUT2D eigenvalue weighted by Crippen LogP contribution is 2.25. The van der Waals surface area contributed by atoms with Gasteiger partial charge in [0.1, 0.15) is 11.6 Å². The summed E-state index contributed by atoms with van der Waals surface area (Å²) in [5.41, 5.74) is 0.630. The molecule has 0 heterocycles. The molecular formula is C14H11ClF2O. The van der Waals surface area contributed by atoms with E-state index in [1.165, 1.54) is 30.3 Å².